The van der Waals surface area contributed by atoms with Crippen LogP contribution >= 0.6 is 0 Å². The molecule has 2 heterocycles. The Balaban J connectivity index is 1.99. The van der Waals surface area contributed by atoms with E-state index in [-0.39, 0.29) is 12.1 Å². The minimum absolute atomic E-state index is 0.118. The minimum Gasteiger partial charge on any atom is -0.455 e. The molecule has 0 radical (unpaired) electrons. The van der Waals surface area contributed by atoms with Crippen molar-refractivity contribution in [2.24, 2.45) is 5.92 Å². The summed E-state index contributed by atoms with van der Waals surface area (Å²) >= 11 is 0. The molecule has 2 fully saturated rings. The van der Waals surface area contributed by atoms with Gasteiger partial charge in [0.25, 0.3) is 0 Å². The predicted octanol–water partition coefficient (Wildman–Crippen LogP) is -0.192. The number of piperidine rings is 1. The second-order valence-electron chi connectivity index (χ2n) is 3.37. The third-order valence-corrected chi connectivity index (χ3v) is 2.62. The molecule has 2 aliphatic rings. The van der Waals surface area contributed by atoms with Crippen molar-refractivity contribution in [1.82, 2.24) is 4.90 Å². The van der Waals surface area contributed by atoms with Crippen LogP contribution in [0.5, 0.6) is 0 Å². The van der Waals surface area contributed by atoms with Crippen molar-refractivity contribution >= 4 is 13.7 Å². The lowest BCUT2D eigenvalue weighted by atomic mass is 10.0. The maximum Gasteiger partial charge on any atom is 0.244 e. The fourth-order valence-electron chi connectivity index (χ4n) is 2.10. The van der Waals surface area contributed by atoms with E-state index in [1.165, 1.54) is 20.7 Å². The Morgan fingerprint density at radius 2 is 2.09 bits per heavy atom. The molecule has 11 heavy (non-hydrogen) atoms. The Morgan fingerprint density at radius 1 is 1.45 bits per heavy atom. The summed E-state index contributed by atoms with van der Waals surface area (Å²) in [5, 5.41) is 0. The maximum absolute atomic E-state index is 10.7. The molecule has 0 aromatic rings. The summed E-state index contributed by atoms with van der Waals surface area (Å²) in [6.45, 7) is 2.23. The first-order valence-electron chi connectivity index (χ1n) is 4.18. The van der Waals surface area contributed by atoms with Gasteiger partial charge in [0.1, 0.15) is 0 Å². The summed E-state index contributed by atoms with van der Waals surface area (Å²) < 4.78 is 5.19. The molecule has 0 spiro atoms. The standard InChI is InChI=1S/C7H12BNO2/c8-7(10)11-6-5-1-3-9(6)4-2-5/h5-6H,1-4,8H2. The van der Waals surface area contributed by atoms with Crippen LogP contribution in [0.4, 0.5) is 4.79 Å². The molecule has 0 aromatic carbocycles. The number of hydrogen-bond acceptors (Lipinski definition) is 3. The minimum atomic E-state index is -0.145. The van der Waals surface area contributed by atoms with Crippen LogP contribution in [0.15, 0.2) is 0 Å². The van der Waals surface area contributed by atoms with Crippen molar-refractivity contribution in [1.29, 1.82) is 0 Å². The van der Waals surface area contributed by atoms with Gasteiger partial charge in [-0.25, -0.2) is 0 Å². The van der Waals surface area contributed by atoms with E-state index < -0.39 is 0 Å². The van der Waals surface area contributed by atoms with E-state index in [9.17, 15) is 4.79 Å². The topological polar surface area (TPSA) is 29.5 Å². The van der Waals surface area contributed by atoms with E-state index in [1.807, 2.05) is 0 Å². The van der Waals surface area contributed by atoms with Gasteiger partial charge in [-0.1, -0.05) is 0 Å². The van der Waals surface area contributed by atoms with Gasteiger partial charge < -0.3 is 4.74 Å². The van der Waals surface area contributed by atoms with Gasteiger partial charge in [-0.05, 0) is 12.8 Å². The Morgan fingerprint density at radius 3 is 2.45 bits per heavy atom. The summed E-state index contributed by atoms with van der Waals surface area (Å²) in [5.41, 5.74) is 0. The molecule has 0 N–H and O–H groups in total. The van der Waals surface area contributed by atoms with E-state index in [1.54, 1.807) is 0 Å². The molecular weight excluding hydrogens is 141 g/mol. The third kappa shape index (κ3) is 1.15. The van der Waals surface area contributed by atoms with Gasteiger partial charge >= 0.3 is 0 Å². The van der Waals surface area contributed by atoms with E-state index >= 15 is 0 Å². The first kappa shape index (κ1) is 7.16. The fraction of sp³-hybridized carbons (Fsp3) is 0.857. The molecule has 2 saturated heterocycles. The zero-order valence-electron chi connectivity index (χ0n) is 6.75. The molecule has 3 nitrogen and oxygen atoms in total. The molecular formula is C7H12BNO2. The highest BCUT2D eigenvalue weighted by molar-refractivity contribution is 6.55. The lowest BCUT2D eigenvalue weighted by Gasteiger charge is -2.18. The number of rotatable bonds is 1. The Kier molecular flexibility index (Phi) is 1.64. The number of hydrogen-bond donors (Lipinski definition) is 0. The maximum atomic E-state index is 10.7. The highest BCUT2D eigenvalue weighted by Gasteiger charge is 2.41. The Hall–Kier alpha value is -0.505. The number of carbonyl (C=O) groups excluding carboxylic acids is 1. The van der Waals surface area contributed by atoms with Crippen molar-refractivity contribution in [3.05, 3.63) is 0 Å². The molecule has 2 aliphatic heterocycles. The fourth-order valence-corrected chi connectivity index (χ4v) is 2.10. The number of carbonyl (C=O) groups is 1. The highest BCUT2D eigenvalue weighted by atomic mass is 16.6. The summed E-state index contributed by atoms with van der Waals surface area (Å²) in [6, 6.07) is 0. The summed E-state index contributed by atoms with van der Waals surface area (Å²) in [5.74, 6) is 0.479. The van der Waals surface area contributed by atoms with Crippen LogP contribution in [0.2, 0.25) is 0 Å². The first-order chi connectivity index (χ1) is 5.27. The average Bonchev–Trinajstić information content (AvgIpc) is 2.48. The van der Waals surface area contributed by atoms with Gasteiger partial charge in [0.05, 0.1) is 0 Å². The molecule has 60 valence electrons. The van der Waals surface area contributed by atoms with E-state index in [0.717, 1.165) is 13.1 Å². The molecule has 2 bridgehead atoms. The van der Waals surface area contributed by atoms with Crippen molar-refractivity contribution in [3.8, 4) is 0 Å². The summed E-state index contributed by atoms with van der Waals surface area (Å²) in [4.78, 5) is 12.9. The molecule has 0 amide bonds. The van der Waals surface area contributed by atoms with E-state index in [2.05, 4.69) is 4.90 Å². The normalized spacial score (nSPS) is 40.9. The average molecular weight is 153 g/mol. The van der Waals surface area contributed by atoms with Crippen molar-refractivity contribution in [2.75, 3.05) is 13.1 Å². The van der Waals surface area contributed by atoms with Crippen molar-refractivity contribution in [3.63, 3.8) is 0 Å². The highest BCUT2D eigenvalue weighted by Crippen LogP contribution is 2.34. The molecule has 1 atom stereocenters. The molecule has 0 aromatic heterocycles. The lowest BCUT2D eigenvalue weighted by molar-refractivity contribution is 0.0376. The Bertz CT molecular complexity index is 165. The van der Waals surface area contributed by atoms with E-state index in [4.69, 9.17) is 4.74 Å². The van der Waals surface area contributed by atoms with E-state index in [0.29, 0.717) is 5.92 Å². The quantitative estimate of drug-likeness (QED) is 0.489. The van der Waals surface area contributed by atoms with Gasteiger partial charge in [-0.3, -0.25) is 9.69 Å². The van der Waals surface area contributed by atoms with Gasteiger partial charge in [-0.2, -0.15) is 0 Å². The predicted molar refractivity (Wildman–Crippen MR) is 43.1 cm³/mol. The monoisotopic (exact) mass is 153 g/mol. The van der Waals surface area contributed by atoms with Crippen LogP contribution in [0.25, 0.3) is 0 Å². The van der Waals surface area contributed by atoms with Crippen molar-refractivity contribution < 1.29 is 9.53 Å². The number of ether oxygens (including phenoxy) is 1. The SMILES string of the molecule is BC(=O)OC1C2CCN1CC2. The van der Waals surface area contributed by atoms with Crippen LogP contribution in [0.3, 0.4) is 0 Å². The van der Waals surface area contributed by atoms with Crippen molar-refractivity contribution in [2.45, 2.75) is 19.1 Å². The molecule has 1 unspecified atom stereocenters. The smallest absolute Gasteiger partial charge is 0.244 e. The molecule has 0 aliphatic carbocycles. The summed E-state index contributed by atoms with van der Waals surface area (Å²) in [6.07, 6.45) is 2.53. The van der Waals surface area contributed by atoms with Gasteiger partial charge in [-0.15, -0.1) is 0 Å². The second-order valence-corrected chi connectivity index (χ2v) is 3.37. The zero-order valence-corrected chi connectivity index (χ0v) is 6.75. The van der Waals surface area contributed by atoms with Crippen LogP contribution in [-0.2, 0) is 4.74 Å². The summed E-state index contributed by atoms with van der Waals surface area (Å²) in [7, 11) is 1.48. The van der Waals surface area contributed by atoms with Crippen LogP contribution in [0, 0.1) is 5.92 Å². The Labute approximate surface area is 67.1 Å². The molecule has 2 rings (SSSR count). The third-order valence-electron chi connectivity index (χ3n) is 2.62. The zero-order chi connectivity index (χ0) is 7.84. The van der Waals surface area contributed by atoms with Crippen LogP contribution in [-0.4, -0.2) is 37.9 Å². The van der Waals surface area contributed by atoms with Gasteiger partial charge in [0.2, 0.25) is 13.7 Å². The van der Waals surface area contributed by atoms with Crippen LogP contribution in [0.1, 0.15) is 12.8 Å². The number of nitrogens with zero attached hydrogens (tertiary/aromatic N) is 1. The van der Waals surface area contributed by atoms with Gasteiger partial charge in [0, 0.05) is 19.0 Å². The second kappa shape index (κ2) is 2.52. The molecule has 0 saturated carbocycles. The van der Waals surface area contributed by atoms with Gasteiger partial charge in [0.15, 0.2) is 6.23 Å². The number of fused-ring (bicyclic) bond motifs is 2. The van der Waals surface area contributed by atoms with Crippen LogP contribution < -0.4 is 0 Å². The molecule has 4 heteroatoms. The lowest BCUT2D eigenvalue weighted by Crippen LogP contribution is -2.30. The first-order valence-corrected chi connectivity index (χ1v) is 4.18. The largest absolute Gasteiger partial charge is 0.455 e.